The van der Waals surface area contributed by atoms with Crippen molar-refractivity contribution in [3.63, 3.8) is 0 Å². The van der Waals surface area contributed by atoms with E-state index in [9.17, 15) is 48.1 Å². The standard InChI is InChI=1S/C10H6F8O6S.K/c11-7(12,5-3-4(19)1-2-6(5)20)8(13,14)24-9(15,16)10(17,18)25(21,22)23;/h1-3,19-20H,(H,21,22,23);/q;+1/p-1. The Kier molecular flexibility index (Phi) is 7.58. The second-order valence-corrected chi connectivity index (χ2v) is 5.80. The van der Waals surface area contributed by atoms with E-state index >= 15 is 0 Å². The van der Waals surface area contributed by atoms with Crippen LogP contribution < -0.4 is 51.4 Å². The molecule has 0 saturated carbocycles. The maximum absolute atomic E-state index is 13.6. The number of rotatable bonds is 6. The Morgan fingerprint density at radius 3 is 1.81 bits per heavy atom. The van der Waals surface area contributed by atoms with Gasteiger partial charge in [-0.2, -0.15) is 35.1 Å². The van der Waals surface area contributed by atoms with Crippen molar-refractivity contribution >= 4 is 10.1 Å². The van der Waals surface area contributed by atoms with E-state index in [0.29, 0.717) is 6.07 Å². The third-order valence-electron chi connectivity index (χ3n) is 2.59. The molecule has 0 aliphatic heterocycles. The number of phenolic OH excluding ortho intramolecular Hbond substituents is 2. The molecule has 16 heteroatoms. The fourth-order valence-electron chi connectivity index (χ4n) is 1.36. The molecule has 1 aromatic carbocycles. The molecule has 1 aromatic rings. The molecular weight excluding hydrogens is 439 g/mol. The van der Waals surface area contributed by atoms with Gasteiger partial charge in [-0.05, 0) is 18.2 Å². The zero-order chi connectivity index (χ0) is 20.1. The van der Waals surface area contributed by atoms with Crippen molar-refractivity contribution in [2.45, 2.75) is 23.4 Å². The van der Waals surface area contributed by atoms with Crippen LogP contribution in [0.5, 0.6) is 11.5 Å². The Hall–Kier alpha value is -0.234. The fraction of sp³-hybridized carbons (Fsp3) is 0.400. The molecule has 0 aliphatic carbocycles. The molecule has 0 bridgehead atoms. The van der Waals surface area contributed by atoms with Crippen molar-refractivity contribution in [3.05, 3.63) is 23.8 Å². The summed E-state index contributed by atoms with van der Waals surface area (Å²) in [5.41, 5.74) is -2.21. The van der Waals surface area contributed by atoms with E-state index in [0.717, 1.165) is 0 Å². The number of alkyl halides is 8. The van der Waals surface area contributed by atoms with Crippen LogP contribution in [0.3, 0.4) is 0 Å². The molecule has 0 aromatic heterocycles. The number of aromatic hydroxyl groups is 2. The zero-order valence-corrected chi connectivity index (χ0v) is 16.1. The van der Waals surface area contributed by atoms with Gasteiger partial charge in [0.15, 0.2) is 10.1 Å². The Morgan fingerprint density at radius 1 is 0.923 bits per heavy atom. The number of hydrogen-bond acceptors (Lipinski definition) is 6. The molecule has 0 heterocycles. The topological polar surface area (TPSA) is 107 Å². The van der Waals surface area contributed by atoms with E-state index in [1.165, 1.54) is 0 Å². The second kappa shape index (κ2) is 7.65. The maximum atomic E-state index is 13.6. The van der Waals surface area contributed by atoms with Crippen LogP contribution in [0.4, 0.5) is 35.1 Å². The molecule has 0 spiro atoms. The quantitative estimate of drug-likeness (QED) is 0.266. The van der Waals surface area contributed by atoms with Gasteiger partial charge in [0.05, 0.1) is 5.56 Å². The van der Waals surface area contributed by atoms with Gasteiger partial charge in [0.25, 0.3) is 0 Å². The first-order valence-corrected chi connectivity index (χ1v) is 6.97. The van der Waals surface area contributed by atoms with E-state index in [1.807, 2.05) is 4.74 Å². The molecule has 1 rings (SSSR count). The molecule has 6 nitrogen and oxygen atoms in total. The largest absolute Gasteiger partial charge is 1.00 e. The van der Waals surface area contributed by atoms with Gasteiger partial charge in [0.2, 0.25) is 0 Å². The van der Waals surface area contributed by atoms with Gasteiger partial charge in [0.1, 0.15) is 11.5 Å². The SMILES string of the molecule is O=S(=O)([O-])C(F)(F)C(F)(F)OC(F)(F)C(F)(F)c1cc(O)ccc1O.[K+]. The summed E-state index contributed by atoms with van der Waals surface area (Å²) in [7, 11) is -7.28. The average Bonchev–Trinajstić information content (AvgIpc) is 2.38. The first kappa shape index (κ1) is 25.8. The minimum atomic E-state index is -7.28. The molecule has 2 N–H and O–H groups in total. The summed E-state index contributed by atoms with van der Waals surface area (Å²) in [6.07, 6.45) is -13.4. The Morgan fingerprint density at radius 2 is 1.38 bits per heavy atom. The number of benzene rings is 1. The van der Waals surface area contributed by atoms with Crippen molar-refractivity contribution in [1.82, 2.24) is 0 Å². The van der Waals surface area contributed by atoms with Gasteiger partial charge < -0.3 is 14.8 Å². The number of ether oxygens (including phenoxy) is 1. The molecule has 0 saturated heterocycles. The fourth-order valence-corrected chi connectivity index (χ4v) is 1.70. The van der Waals surface area contributed by atoms with Crippen LogP contribution >= 0.6 is 0 Å². The van der Waals surface area contributed by atoms with Gasteiger partial charge in [-0.25, -0.2) is 13.2 Å². The van der Waals surface area contributed by atoms with Gasteiger partial charge in [-0.3, -0.25) is 0 Å². The molecule has 0 fully saturated rings. The third kappa shape index (κ3) is 4.60. The smallest absolute Gasteiger partial charge is 0.743 e. The minimum absolute atomic E-state index is 0. The summed E-state index contributed by atoms with van der Waals surface area (Å²) in [5.74, 6) is -8.78. The summed E-state index contributed by atoms with van der Waals surface area (Å²) >= 11 is 0. The molecular formula is C10H5F8KO6S. The third-order valence-corrected chi connectivity index (χ3v) is 3.46. The van der Waals surface area contributed by atoms with Crippen LogP contribution in [0, 0.1) is 0 Å². The van der Waals surface area contributed by atoms with Gasteiger partial charge in [0, 0.05) is 0 Å². The van der Waals surface area contributed by atoms with Crippen molar-refractivity contribution < 1.29 is 114 Å². The summed E-state index contributed by atoms with van der Waals surface area (Å²) in [6.45, 7) is 0. The van der Waals surface area contributed by atoms with E-state index in [2.05, 4.69) is 0 Å². The van der Waals surface area contributed by atoms with Gasteiger partial charge in [-0.15, -0.1) is 0 Å². The van der Waals surface area contributed by atoms with E-state index in [4.69, 9.17) is 10.2 Å². The Balaban J connectivity index is 0.00000625. The van der Waals surface area contributed by atoms with Gasteiger partial charge in [-0.1, -0.05) is 0 Å². The molecule has 26 heavy (non-hydrogen) atoms. The first-order chi connectivity index (χ1) is 10.9. The minimum Gasteiger partial charge on any atom is -0.743 e. The Labute approximate surface area is 181 Å². The van der Waals surface area contributed by atoms with Crippen LogP contribution in [-0.2, 0) is 20.8 Å². The number of hydrogen-bond donors (Lipinski definition) is 2. The van der Waals surface area contributed by atoms with Crippen LogP contribution in [-0.4, -0.2) is 40.7 Å². The average molecular weight is 444 g/mol. The molecule has 0 atom stereocenters. The molecule has 0 unspecified atom stereocenters. The first-order valence-electron chi connectivity index (χ1n) is 5.56. The second-order valence-electron chi connectivity index (χ2n) is 4.38. The van der Waals surface area contributed by atoms with Crippen LogP contribution in [0.1, 0.15) is 5.56 Å². The number of phenols is 2. The maximum Gasteiger partial charge on any atom is 1.00 e. The zero-order valence-electron chi connectivity index (χ0n) is 12.2. The Bertz CT molecular complexity index is 769. The van der Waals surface area contributed by atoms with Crippen molar-refractivity contribution in [3.8, 4) is 11.5 Å². The van der Waals surface area contributed by atoms with Gasteiger partial charge >= 0.3 is 74.8 Å². The monoisotopic (exact) mass is 444 g/mol. The summed E-state index contributed by atoms with van der Waals surface area (Å²) in [4.78, 5) is 0. The molecule has 0 radical (unpaired) electrons. The van der Waals surface area contributed by atoms with Crippen molar-refractivity contribution in [2.24, 2.45) is 0 Å². The van der Waals surface area contributed by atoms with Crippen molar-refractivity contribution in [1.29, 1.82) is 0 Å². The van der Waals surface area contributed by atoms with E-state index in [-0.39, 0.29) is 63.5 Å². The number of halogens is 8. The normalized spacial score (nSPS) is 14.0. The molecule has 0 amide bonds. The van der Waals surface area contributed by atoms with Crippen molar-refractivity contribution in [2.75, 3.05) is 0 Å². The van der Waals surface area contributed by atoms with Crippen LogP contribution in [0.2, 0.25) is 0 Å². The molecule has 144 valence electrons. The van der Waals surface area contributed by atoms with Crippen LogP contribution in [0.15, 0.2) is 18.2 Å². The predicted molar refractivity (Wildman–Crippen MR) is 59.3 cm³/mol. The summed E-state index contributed by atoms with van der Waals surface area (Å²) in [5, 5.41) is 11.2. The van der Waals surface area contributed by atoms with E-state index < -0.39 is 50.6 Å². The predicted octanol–water partition coefficient (Wildman–Crippen LogP) is -0.466. The summed E-state index contributed by atoms with van der Waals surface area (Å²) in [6, 6.07) is 0.553. The summed E-state index contributed by atoms with van der Waals surface area (Å²) < 4.78 is 137. The van der Waals surface area contributed by atoms with E-state index in [1.54, 1.807) is 0 Å². The molecule has 0 aliphatic rings. The van der Waals surface area contributed by atoms with Crippen LogP contribution in [0.25, 0.3) is 0 Å².